The normalized spacial score (nSPS) is 10.8. The highest BCUT2D eigenvalue weighted by Crippen LogP contribution is 2.23. The van der Waals surface area contributed by atoms with Crippen LogP contribution < -0.4 is 5.32 Å². The molecule has 130 valence electrons. The van der Waals surface area contributed by atoms with Gasteiger partial charge in [-0.15, -0.1) is 11.3 Å². The Balaban J connectivity index is 1.73. The first-order valence-electron chi connectivity index (χ1n) is 7.75. The molecule has 3 aromatic rings. The van der Waals surface area contributed by atoms with E-state index in [1.165, 1.54) is 23.5 Å². The number of rotatable bonds is 6. The summed E-state index contributed by atoms with van der Waals surface area (Å²) in [7, 11) is 0. The van der Waals surface area contributed by atoms with Crippen molar-refractivity contribution in [2.45, 2.75) is 13.3 Å². The number of halogens is 1. The largest absolute Gasteiger partial charge is 0.466 e. The summed E-state index contributed by atoms with van der Waals surface area (Å²) >= 11 is 1.33. The molecule has 0 saturated carbocycles. The highest BCUT2D eigenvalue weighted by atomic mass is 32.1. The minimum Gasteiger partial charge on any atom is -0.466 e. The molecule has 0 aliphatic heterocycles. The molecule has 0 unspecified atom stereocenters. The van der Waals surface area contributed by atoms with Crippen molar-refractivity contribution in [1.82, 2.24) is 14.7 Å². The SMILES string of the molecule is CCOC(=O)CCNC(=O)c1csc2nc(-c3ccc(F)cc3)cn12. The maximum Gasteiger partial charge on any atom is 0.307 e. The average molecular weight is 361 g/mol. The number of aromatic nitrogens is 2. The Morgan fingerprint density at radius 3 is 2.80 bits per heavy atom. The van der Waals surface area contributed by atoms with E-state index in [9.17, 15) is 14.0 Å². The number of fused-ring (bicyclic) bond motifs is 1. The predicted octanol–water partition coefficient (Wildman–Crippen LogP) is 2.88. The molecule has 0 aliphatic carbocycles. The number of thiazole rings is 1. The van der Waals surface area contributed by atoms with Crippen LogP contribution in [0, 0.1) is 5.82 Å². The lowest BCUT2D eigenvalue weighted by Crippen LogP contribution is -2.27. The number of esters is 1. The van der Waals surface area contributed by atoms with Gasteiger partial charge in [-0.2, -0.15) is 0 Å². The van der Waals surface area contributed by atoms with Crippen molar-refractivity contribution in [2.75, 3.05) is 13.2 Å². The van der Waals surface area contributed by atoms with Crippen LogP contribution in [0.1, 0.15) is 23.8 Å². The molecule has 0 fully saturated rings. The van der Waals surface area contributed by atoms with E-state index in [0.29, 0.717) is 23.0 Å². The molecule has 0 radical (unpaired) electrons. The van der Waals surface area contributed by atoms with Gasteiger partial charge in [0.15, 0.2) is 4.96 Å². The zero-order chi connectivity index (χ0) is 17.8. The molecule has 0 bridgehead atoms. The van der Waals surface area contributed by atoms with E-state index in [1.807, 2.05) is 0 Å². The number of imidazole rings is 1. The van der Waals surface area contributed by atoms with Crippen LogP contribution >= 0.6 is 11.3 Å². The standard InChI is InChI=1S/C17H16FN3O3S/c1-2-24-15(22)7-8-19-16(23)14-10-25-17-20-13(9-21(14)17)11-3-5-12(18)6-4-11/h3-6,9-10H,2,7-8H2,1H3,(H,19,23). The number of amides is 1. The predicted molar refractivity (Wildman–Crippen MR) is 92.0 cm³/mol. The van der Waals surface area contributed by atoms with Gasteiger partial charge in [0.1, 0.15) is 11.5 Å². The van der Waals surface area contributed by atoms with E-state index < -0.39 is 0 Å². The number of hydrogen-bond donors (Lipinski definition) is 1. The Kier molecular flexibility index (Phi) is 5.08. The van der Waals surface area contributed by atoms with E-state index in [4.69, 9.17) is 4.74 Å². The van der Waals surface area contributed by atoms with Crippen LogP contribution in [0.2, 0.25) is 0 Å². The first kappa shape index (κ1) is 17.1. The number of carbonyl (C=O) groups is 2. The molecule has 1 amide bonds. The van der Waals surface area contributed by atoms with Crippen LogP contribution in [0.25, 0.3) is 16.2 Å². The Hall–Kier alpha value is -2.74. The quantitative estimate of drug-likeness (QED) is 0.685. The van der Waals surface area contributed by atoms with Crippen molar-refractivity contribution in [2.24, 2.45) is 0 Å². The maximum atomic E-state index is 13.0. The van der Waals surface area contributed by atoms with Crippen molar-refractivity contribution < 1.29 is 18.7 Å². The monoisotopic (exact) mass is 361 g/mol. The number of nitrogens with zero attached hydrogens (tertiary/aromatic N) is 2. The molecule has 2 aromatic heterocycles. The second-order valence-corrected chi connectivity index (χ2v) is 6.05. The lowest BCUT2D eigenvalue weighted by molar-refractivity contribution is -0.142. The topological polar surface area (TPSA) is 72.7 Å². The summed E-state index contributed by atoms with van der Waals surface area (Å²) in [6, 6.07) is 6.01. The number of benzene rings is 1. The molecule has 25 heavy (non-hydrogen) atoms. The van der Waals surface area contributed by atoms with Gasteiger partial charge in [-0.3, -0.25) is 14.0 Å². The van der Waals surface area contributed by atoms with Crippen LogP contribution in [0.5, 0.6) is 0 Å². The first-order chi connectivity index (χ1) is 12.1. The van der Waals surface area contributed by atoms with Gasteiger partial charge in [0.2, 0.25) is 0 Å². The Morgan fingerprint density at radius 2 is 2.08 bits per heavy atom. The summed E-state index contributed by atoms with van der Waals surface area (Å²) in [5, 5.41) is 4.40. The van der Waals surface area contributed by atoms with E-state index in [1.54, 1.807) is 35.0 Å². The molecule has 0 aliphatic rings. The van der Waals surface area contributed by atoms with Crippen LogP contribution in [-0.4, -0.2) is 34.4 Å². The highest BCUT2D eigenvalue weighted by molar-refractivity contribution is 7.15. The molecule has 0 atom stereocenters. The van der Waals surface area contributed by atoms with Gasteiger partial charge in [0.05, 0.1) is 18.7 Å². The minimum absolute atomic E-state index is 0.123. The van der Waals surface area contributed by atoms with Crippen LogP contribution in [0.4, 0.5) is 4.39 Å². The summed E-state index contributed by atoms with van der Waals surface area (Å²) in [6.07, 6.45) is 1.86. The highest BCUT2D eigenvalue weighted by Gasteiger charge is 2.15. The number of nitrogens with one attached hydrogen (secondary N) is 1. The summed E-state index contributed by atoms with van der Waals surface area (Å²) < 4.78 is 19.5. The third-order valence-electron chi connectivity index (χ3n) is 3.50. The van der Waals surface area contributed by atoms with Crippen molar-refractivity contribution in [1.29, 1.82) is 0 Å². The van der Waals surface area contributed by atoms with Crippen LogP contribution in [0.15, 0.2) is 35.8 Å². The maximum absolute atomic E-state index is 13.0. The Morgan fingerprint density at radius 1 is 1.32 bits per heavy atom. The molecular formula is C17H16FN3O3S. The second-order valence-electron chi connectivity index (χ2n) is 5.22. The fourth-order valence-electron chi connectivity index (χ4n) is 2.31. The van der Waals surface area contributed by atoms with Crippen molar-refractivity contribution in [3.05, 3.63) is 47.4 Å². The van der Waals surface area contributed by atoms with Gasteiger partial charge in [0, 0.05) is 23.7 Å². The van der Waals surface area contributed by atoms with Crippen LogP contribution in [-0.2, 0) is 9.53 Å². The van der Waals surface area contributed by atoms with Crippen molar-refractivity contribution in [3.63, 3.8) is 0 Å². The van der Waals surface area contributed by atoms with Gasteiger partial charge in [0.25, 0.3) is 5.91 Å². The Labute approximate surface area is 147 Å². The van der Waals surface area contributed by atoms with Crippen LogP contribution in [0.3, 0.4) is 0 Å². The molecule has 2 heterocycles. The number of hydrogen-bond acceptors (Lipinski definition) is 5. The summed E-state index contributed by atoms with van der Waals surface area (Å²) in [5.41, 5.74) is 1.86. The fraction of sp³-hybridized carbons (Fsp3) is 0.235. The van der Waals surface area contributed by atoms with E-state index in [2.05, 4.69) is 10.3 Å². The van der Waals surface area contributed by atoms with E-state index >= 15 is 0 Å². The Bertz CT molecular complexity index is 902. The van der Waals surface area contributed by atoms with E-state index in [-0.39, 0.29) is 30.7 Å². The molecule has 8 heteroatoms. The molecule has 0 saturated heterocycles. The molecule has 0 spiro atoms. The number of ether oxygens (including phenoxy) is 1. The summed E-state index contributed by atoms with van der Waals surface area (Å²) in [4.78, 5) is 28.7. The van der Waals surface area contributed by atoms with Gasteiger partial charge in [-0.1, -0.05) is 0 Å². The molecular weight excluding hydrogens is 345 g/mol. The second kappa shape index (κ2) is 7.43. The molecule has 6 nitrogen and oxygen atoms in total. The molecule has 1 N–H and O–H groups in total. The van der Waals surface area contributed by atoms with Gasteiger partial charge >= 0.3 is 5.97 Å². The smallest absolute Gasteiger partial charge is 0.307 e. The zero-order valence-corrected chi connectivity index (χ0v) is 14.3. The summed E-state index contributed by atoms with van der Waals surface area (Å²) in [6.45, 7) is 2.25. The average Bonchev–Trinajstić information content (AvgIpc) is 3.16. The first-order valence-corrected chi connectivity index (χ1v) is 8.63. The van der Waals surface area contributed by atoms with Gasteiger partial charge in [-0.05, 0) is 31.2 Å². The fourth-order valence-corrected chi connectivity index (χ4v) is 3.16. The van der Waals surface area contributed by atoms with Gasteiger partial charge < -0.3 is 10.1 Å². The van der Waals surface area contributed by atoms with Crippen molar-refractivity contribution in [3.8, 4) is 11.3 Å². The lowest BCUT2D eigenvalue weighted by Gasteiger charge is -2.04. The van der Waals surface area contributed by atoms with E-state index in [0.717, 1.165) is 5.56 Å². The molecule has 3 rings (SSSR count). The minimum atomic E-state index is -0.348. The lowest BCUT2D eigenvalue weighted by atomic mass is 10.2. The summed E-state index contributed by atoms with van der Waals surface area (Å²) in [5.74, 6) is -0.954. The number of carbonyl (C=O) groups excluding carboxylic acids is 2. The third-order valence-corrected chi connectivity index (χ3v) is 4.34. The van der Waals surface area contributed by atoms with Gasteiger partial charge in [-0.25, -0.2) is 9.37 Å². The van der Waals surface area contributed by atoms with Crippen molar-refractivity contribution >= 4 is 28.2 Å². The zero-order valence-electron chi connectivity index (χ0n) is 13.5. The third kappa shape index (κ3) is 3.85. The molecule has 1 aromatic carbocycles.